The van der Waals surface area contributed by atoms with E-state index in [0.717, 1.165) is 17.7 Å². The van der Waals surface area contributed by atoms with E-state index in [9.17, 15) is 13.2 Å². The monoisotopic (exact) mass is 314 g/mol. The van der Waals surface area contributed by atoms with Crippen LogP contribution in [0.2, 0.25) is 0 Å². The highest BCUT2D eigenvalue weighted by Gasteiger charge is 2.31. The number of H-pyrrole nitrogens is 1. The number of fused-ring (bicyclic) bond motifs is 3. The third-order valence-corrected chi connectivity index (χ3v) is 3.63. The van der Waals surface area contributed by atoms with Gasteiger partial charge in [-0.2, -0.15) is 28.6 Å². The van der Waals surface area contributed by atoms with Crippen molar-refractivity contribution in [2.24, 2.45) is 0 Å². The van der Waals surface area contributed by atoms with E-state index in [1.165, 1.54) is 6.07 Å². The molecule has 23 heavy (non-hydrogen) atoms. The van der Waals surface area contributed by atoms with Crippen LogP contribution >= 0.6 is 0 Å². The maximum atomic E-state index is 12.9. The van der Waals surface area contributed by atoms with Crippen LogP contribution in [0.15, 0.2) is 48.5 Å². The summed E-state index contributed by atoms with van der Waals surface area (Å²) in [4.78, 5) is 4.48. The zero-order chi connectivity index (χ0) is 16.0. The molecule has 0 spiro atoms. The molecule has 0 atom stereocenters. The van der Waals surface area contributed by atoms with Crippen LogP contribution in [-0.4, -0.2) is 20.4 Å². The predicted octanol–water partition coefficient (Wildman–Crippen LogP) is 4.19. The van der Waals surface area contributed by atoms with Crippen molar-refractivity contribution >= 4 is 21.9 Å². The smallest absolute Gasteiger partial charge is 0.245 e. The SMILES string of the molecule is FC(F)(F)c1ccc2nc(-c3ccccc3)c3n[nH]nc3c2c1. The Hall–Kier alpha value is -2.96. The summed E-state index contributed by atoms with van der Waals surface area (Å²) in [6.45, 7) is 0. The van der Waals surface area contributed by atoms with Crippen LogP contribution in [0.5, 0.6) is 0 Å². The minimum Gasteiger partial charge on any atom is -0.245 e. The molecule has 0 saturated carbocycles. The number of nitrogens with zero attached hydrogens (tertiary/aromatic N) is 3. The van der Waals surface area contributed by atoms with Crippen LogP contribution in [-0.2, 0) is 6.18 Å². The molecule has 0 radical (unpaired) electrons. The summed E-state index contributed by atoms with van der Waals surface area (Å²) in [5, 5.41) is 10.9. The van der Waals surface area contributed by atoms with Gasteiger partial charge in [-0.3, -0.25) is 0 Å². The van der Waals surface area contributed by atoms with E-state index >= 15 is 0 Å². The Bertz CT molecular complexity index is 1010. The average molecular weight is 314 g/mol. The topological polar surface area (TPSA) is 54.5 Å². The summed E-state index contributed by atoms with van der Waals surface area (Å²) in [6, 6.07) is 12.8. The number of alkyl halides is 3. The molecule has 0 saturated heterocycles. The summed E-state index contributed by atoms with van der Waals surface area (Å²) in [5.74, 6) is 0. The number of aromatic amines is 1. The number of hydrogen-bond acceptors (Lipinski definition) is 3. The highest BCUT2D eigenvalue weighted by Crippen LogP contribution is 2.34. The second-order valence-electron chi connectivity index (χ2n) is 5.08. The molecule has 0 aliphatic carbocycles. The first-order valence-electron chi connectivity index (χ1n) is 6.81. The van der Waals surface area contributed by atoms with Gasteiger partial charge in [0.2, 0.25) is 0 Å². The van der Waals surface area contributed by atoms with Gasteiger partial charge >= 0.3 is 6.18 Å². The van der Waals surface area contributed by atoms with Crippen molar-refractivity contribution in [3.8, 4) is 11.3 Å². The van der Waals surface area contributed by atoms with Gasteiger partial charge in [0.1, 0.15) is 16.7 Å². The Morgan fingerprint density at radius 3 is 2.35 bits per heavy atom. The molecule has 2 heterocycles. The van der Waals surface area contributed by atoms with Gasteiger partial charge in [-0.1, -0.05) is 30.3 Å². The Balaban J connectivity index is 2.06. The van der Waals surface area contributed by atoms with E-state index in [2.05, 4.69) is 20.4 Å². The third-order valence-electron chi connectivity index (χ3n) is 3.63. The van der Waals surface area contributed by atoms with Gasteiger partial charge in [0.15, 0.2) is 0 Å². The Morgan fingerprint density at radius 2 is 1.61 bits per heavy atom. The van der Waals surface area contributed by atoms with Gasteiger partial charge in [-0.05, 0) is 18.2 Å². The molecule has 7 heteroatoms. The summed E-state index contributed by atoms with van der Waals surface area (Å²) in [7, 11) is 0. The molecule has 2 aromatic carbocycles. The lowest BCUT2D eigenvalue weighted by molar-refractivity contribution is -0.137. The number of pyridine rings is 1. The molecule has 1 N–H and O–H groups in total. The standard InChI is InChI=1S/C16H9F3N4/c17-16(18,19)10-6-7-12-11(8-10)14-15(22-23-21-14)13(20-12)9-4-2-1-3-5-9/h1-8H,(H,21,22,23). The molecular formula is C16H9F3N4. The lowest BCUT2D eigenvalue weighted by atomic mass is 10.1. The molecule has 0 bridgehead atoms. The second-order valence-corrected chi connectivity index (χ2v) is 5.08. The Kier molecular flexibility index (Phi) is 2.84. The van der Waals surface area contributed by atoms with E-state index in [1.807, 2.05) is 30.3 Å². The average Bonchev–Trinajstić information content (AvgIpc) is 3.03. The first-order valence-corrected chi connectivity index (χ1v) is 6.81. The fourth-order valence-electron chi connectivity index (χ4n) is 2.55. The van der Waals surface area contributed by atoms with Crippen molar-refractivity contribution in [2.75, 3.05) is 0 Å². The normalized spacial score (nSPS) is 12.1. The summed E-state index contributed by atoms with van der Waals surface area (Å²) in [6.07, 6.45) is -4.41. The highest BCUT2D eigenvalue weighted by atomic mass is 19.4. The fourth-order valence-corrected chi connectivity index (χ4v) is 2.55. The Labute approximate surface area is 128 Å². The Morgan fingerprint density at radius 1 is 0.870 bits per heavy atom. The molecule has 4 rings (SSSR count). The fraction of sp³-hybridized carbons (Fsp3) is 0.0625. The molecule has 0 fully saturated rings. The minimum atomic E-state index is -4.41. The molecule has 2 aromatic heterocycles. The van der Waals surface area contributed by atoms with Crippen molar-refractivity contribution < 1.29 is 13.2 Å². The van der Waals surface area contributed by atoms with Gasteiger partial charge in [-0.25, -0.2) is 4.98 Å². The molecular weight excluding hydrogens is 305 g/mol. The first-order chi connectivity index (χ1) is 11.0. The number of benzene rings is 2. The quantitative estimate of drug-likeness (QED) is 0.573. The lowest BCUT2D eigenvalue weighted by Crippen LogP contribution is -2.04. The maximum Gasteiger partial charge on any atom is 0.416 e. The van der Waals surface area contributed by atoms with E-state index < -0.39 is 11.7 Å². The first kappa shape index (κ1) is 13.7. The number of rotatable bonds is 1. The number of aromatic nitrogens is 4. The second kappa shape index (κ2) is 4.77. The van der Waals surface area contributed by atoms with Gasteiger partial charge in [0.05, 0.1) is 11.1 Å². The largest absolute Gasteiger partial charge is 0.416 e. The summed E-state index contributed by atoms with van der Waals surface area (Å²) in [5.41, 5.74) is 1.94. The van der Waals surface area contributed by atoms with Crippen molar-refractivity contribution in [3.05, 3.63) is 54.1 Å². The van der Waals surface area contributed by atoms with Crippen LogP contribution in [0.4, 0.5) is 13.2 Å². The van der Waals surface area contributed by atoms with Crippen molar-refractivity contribution in [1.82, 2.24) is 20.4 Å². The van der Waals surface area contributed by atoms with Gasteiger partial charge in [0.25, 0.3) is 0 Å². The predicted molar refractivity (Wildman–Crippen MR) is 79.6 cm³/mol. The van der Waals surface area contributed by atoms with Crippen molar-refractivity contribution in [2.45, 2.75) is 6.18 Å². The van der Waals surface area contributed by atoms with E-state index in [1.54, 1.807) is 0 Å². The van der Waals surface area contributed by atoms with Gasteiger partial charge < -0.3 is 0 Å². The minimum absolute atomic E-state index is 0.322. The van der Waals surface area contributed by atoms with Crippen LogP contribution in [0.25, 0.3) is 33.2 Å². The van der Waals surface area contributed by atoms with Gasteiger partial charge in [-0.15, -0.1) is 0 Å². The molecule has 4 aromatic rings. The number of halogens is 3. The molecule has 0 unspecified atom stereocenters. The highest BCUT2D eigenvalue weighted by molar-refractivity contribution is 6.07. The van der Waals surface area contributed by atoms with Crippen molar-refractivity contribution in [3.63, 3.8) is 0 Å². The van der Waals surface area contributed by atoms with E-state index in [-0.39, 0.29) is 0 Å². The van der Waals surface area contributed by atoms with Crippen LogP contribution < -0.4 is 0 Å². The summed E-state index contributed by atoms with van der Waals surface area (Å²) >= 11 is 0. The zero-order valence-electron chi connectivity index (χ0n) is 11.6. The molecule has 114 valence electrons. The van der Waals surface area contributed by atoms with Crippen LogP contribution in [0.1, 0.15) is 5.56 Å². The maximum absolute atomic E-state index is 12.9. The lowest BCUT2D eigenvalue weighted by Gasteiger charge is -2.09. The van der Waals surface area contributed by atoms with Gasteiger partial charge in [0, 0.05) is 10.9 Å². The number of nitrogens with one attached hydrogen (secondary N) is 1. The molecule has 4 nitrogen and oxygen atoms in total. The van der Waals surface area contributed by atoms with Crippen molar-refractivity contribution in [1.29, 1.82) is 0 Å². The molecule has 0 aliphatic heterocycles. The van der Waals surface area contributed by atoms with E-state index in [0.29, 0.717) is 27.6 Å². The van der Waals surface area contributed by atoms with Crippen LogP contribution in [0, 0.1) is 0 Å². The van der Waals surface area contributed by atoms with Crippen LogP contribution in [0.3, 0.4) is 0 Å². The number of hydrogen-bond donors (Lipinski definition) is 1. The molecule has 0 aliphatic rings. The summed E-state index contributed by atoms with van der Waals surface area (Å²) < 4.78 is 38.8. The zero-order valence-corrected chi connectivity index (χ0v) is 11.6. The van der Waals surface area contributed by atoms with E-state index in [4.69, 9.17) is 0 Å². The molecule has 0 amide bonds. The third kappa shape index (κ3) is 2.21.